The van der Waals surface area contributed by atoms with E-state index < -0.39 is 0 Å². The lowest BCUT2D eigenvalue weighted by Gasteiger charge is -2.14. The number of hydrogen-bond acceptors (Lipinski definition) is 1. The van der Waals surface area contributed by atoms with E-state index in [-0.39, 0.29) is 0 Å². The fraction of sp³-hybridized carbons (Fsp3) is 0.778. The van der Waals surface area contributed by atoms with Crippen molar-refractivity contribution in [3.05, 3.63) is 0 Å². The van der Waals surface area contributed by atoms with Crippen LogP contribution >= 0.6 is 0 Å². The van der Waals surface area contributed by atoms with Gasteiger partial charge in [0, 0.05) is 12.5 Å². The van der Waals surface area contributed by atoms with E-state index in [0.717, 1.165) is 6.54 Å². The Hall–Kier alpha value is -0.480. The maximum Gasteiger partial charge on any atom is 0.0327 e. The Kier molecular flexibility index (Phi) is 2.77. The topological polar surface area (TPSA) is 3.24 Å². The van der Waals surface area contributed by atoms with Gasteiger partial charge in [0.25, 0.3) is 0 Å². The van der Waals surface area contributed by atoms with Crippen LogP contribution < -0.4 is 0 Å². The molecule has 1 aliphatic heterocycles. The minimum absolute atomic E-state index is 0.507. The fourth-order valence-electron chi connectivity index (χ4n) is 1.47. The van der Waals surface area contributed by atoms with Crippen molar-refractivity contribution in [2.45, 2.75) is 19.3 Å². The Balaban J connectivity index is 2.39. The molecular weight excluding hydrogens is 122 g/mol. The van der Waals surface area contributed by atoms with E-state index in [1.807, 2.05) is 0 Å². The molecule has 1 atom stereocenters. The largest absolute Gasteiger partial charge is 0.305 e. The summed E-state index contributed by atoms with van der Waals surface area (Å²) in [4.78, 5) is 2.33. The average Bonchev–Trinajstić information content (AvgIpc) is 2.13. The number of rotatable bonds is 0. The summed E-state index contributed by atoms with van der Waals surface area (Å²) in [5, 5.41) is 0. The quantitative estimate of drug-likeness (QED) is 0.455. The lowest BCUT2D eigenvalue weighted by Crippen LogP contribution is -2.23. The molecule has 1 heteroatoms. The van der Waals surface area contributed by atoms with Gasteiger partial charge in [-0.25, -0.2) is 0 Å². The SMILES string of the molecule is C#C[C@@H]1CCCCN(C)C1. The van der Waals surface area contributed by atoms with Gasteiger partial charge >= 0.3 is 0 Å². The third-order valence-electron chi connectivity index (χ3n) is 2.11. The summed E-state index contributed by atoms with van der Waals surface area (Å²) in [6, 6.07) is 0. The molecule has 10 heavy (non-hydrogen) atoms. The maximum atomic E-state index is 5.36. The molecule has 0 bridgehead atoms. The molecule has 1 nitrogen and oxygen atoms in total. The molecule has 0 aliphatic carbocycles. The van der Waals surface area contributed by atoms with Crippen molar-refractivity contribution in [3.63, 3.8) is 0 Å². The molecule has 1 rings (SSSR count). The zero-order valence-electron chi connectivity index (χ0n) is 6.64. The standard InChI is InChI=1S/C9H15N/c1-3-9-6-4-5-7-10(2)8-9/h1,9H,4-8H2,2H3/t9-/m1/s1. The van der Waals surface area contributed by atoms with E-state index in [4.69, 9.17) is 6.42 Å². The second-order valence-corrected chi connectivity index (χ2v) is 3.12. The maximum absolute atomic E-state index is 5.36. The van der Waals surface area contributed by atoms with Gasteiger partial charge < -0.3 is 4.90 Å². The van der Waals surface area contributed by atoms with Gasteiger partial charge in [-0.2, -0.15) is 0 Å². The monoisotopic (exact) mass is 137 g/mol. The van der Waals surface area contributed by atoms with Gasteiger partial charge in [-0.1, -0.05) is 6.42 Å². The van der Waals surface area contributed by atoms with Gasteiger partial charge in [0.15, 0.2) is 0 Å². The first-order valence-corrected chi connectivity index (χ1v) is 3.97. The van der Waals surface area contributed by atoms with Gasteiger partial charge in [-0.05, 0) is 26.4 Å². The molecule has 0 aromatic rings. The molecule has 1 heterocycles. The van der Waals surface area contributed by atoms with Crippen molar-refractivity contribution in [2.24, 2.45) is 5.92 Å². The number of likely N-dealkylation sites (tertiary alicyclic amines) is 1. The first-order valence-electron chi connectivity index (χ1n) is 3.97. The summed E-state index contributed by atoms with van der Waals surface area (Å²) in [6.45, 7) is 2.31. The van der Waals surface area contributed by atoms with Gasteiger partial charge in [0.1, 0.15) is 0 Å². The van der Waals surface area contributed by atoms with Crippen LogP contribution in [-0.4, -0.2) is 25.0 Å². The molecule has 1 aliphatic rings. The van der Waals surface area contributed by atoms with Crippen molar-refractivity contribution in [1.29, 1.82) is 0 Å². The first-order chi connectivity index (χ1) is 4.83. The molecule has 0 amide bonds. The van der Waals surface area contributed by atoms with Crippen LogP contribution in [0.15, 0.2) is 0 Å². The molecule has 0 saturated carbocycles. The van der Waals surface area contributed by atoms with Crippen molar-refractivity contribution in [3.8, 4) is 12.3 Å². The zero-order valence-corrected chi connectivity index (χ0v) is 6.64. The highest BCUT2D eigenvalue weighted by atomic mass is 15.1. The fourth-order valence-corrected chi connectivity index (χ4v) is 1.47. The van der Waals surface area contributed by atoms with Gasteiger partial charge in [0.2, 0.25) is 0 Å². The Morgan fingerprint density at radius 1 is 1.50 bits per heavy atom. The van der Waals surface area contributed by atoms with Crippen LogP contribution in [0.5, 0.6) is 0 Å². The normalized spacial score (nSPS) is 29.0. The number of nitrogens with zero attached hydrogens (tertiary/aromatic N) is 1. The van der Waals surface area contributed by atoms with Crippen LogP contribution in [0.25, 0.3) is 0 Å². The van der Waals surface area contributed by atoms with Crippen LogP contribution in [0.3, 0.4) is 0 Å². The van der Waals surface area contributed by atoms with E-state index >= 15 is 0 Å². The third kappa shape index (κ3) is 2.04. The second-order valence-electron chi connectivity index (χ2n) is 3.12. The molecule has 56 valence electrons. The Bertz CT molecular complexity index is 134. The van der Waals surface area contributed by atoms with Crippen molar-refractivity contribution in [1.82, 2.24) is 4.90 Å². The highest BCUT2D eigenvalue weighted by Crippen LogP contribution is 2.13. The van der Waals surface area contributed by atoms with Gasteiger partial charge in [0.05, 0.1) is 0 Å². The Morgan fingerprint density at radius 3 is 3.00 bits per heavy atom. The third-order valence-corrected chi connectivity index (χ3v) is 2.11. The van der Waals surface area contributed by atoms with Crippen LogP contribution in [0.2, 0.25) is 0 Å². The van der Waals surface area contributed by atoms with Crippen LogP contribution in [0, 0.1) is 18.3 Å². The molecule has 0 aromatic heterocycles. The highest BCUT2D eigenvalue weighted by molar-refractivity contribution is 4.94. The van der Waals surface area contributed by atoms with Crippen molar-refractivity contribution < 1.29 is 0 Å². The van der Waals surface area contributed by atoms with Crippen molar-refractivity contribution >= 4 is 0 Å². The second kappa shape index (κ2) is 3.63. The van der Waals surface area contributed by atoms with Gasteiger partial charge in [-0.3, -0.25) is 0 Å². The number of hydrogen-bond donors (Lipinski definition) is 0. The minimum atomic E-state index is 0.507. The smallest absolute Gasteiger partial charge is 0.0327 e. The summed E-state index contributed by atoms with van der Waals surface area (Å²) in [7, 11) is 2.15. The molecule has 0 N–H and O–H groups in total. The molecule has 0 aromatic carbocycles. The summed E-state index contributed by atoms with van der Waals surface area (Å²) in [5.74, 6) is 3.34. The lowest BCUT2D eigenvalue weighted by atomic mass is 10.1. The van der Waals surface area contributed by atoms with Gasteiger partial charge in [-0.15, -0.1) is 12.3 Å². The van der Waals surface area contributed by atoms with Crippen molar-refractivity contribution in [2.75, 3.05) is 20.1 Å². The van der Waals surface area contributed by atoms with E-state index in [1.54, 1.807) is 0 Å². The summed E-state index contributed by atoms with van der Waals surface area (Å²) >= 11 is 0. The summed E-state index contributed by atoms with van der Waals surface area (Å²) < 4.78 is 0. The van der Waals surface area contributed by atoms with E-state index in [0.29, 0.717) is 5.92 Å². The minimum Gasteiger partial charge on any atom is -0.305 e. The molecule has 1 saturated heterocycles. The average molecular weight is 137 g/mol. The Morgan fingerprint density at radius 2 is 2.30 bits per heavy atom. The van der Waals surface area contributed by atoms with Crippen LogP contribution in [0.4, 0.5) is 0 Å². The predicted octanol–water partition coefficient (Wildman–Crippen LogP) is 1.35. The molecule has 0 unspecified atom stereocenters. The predicted molar refractivity (Wildman–Crippen MR) is 43.7 cm³/mol. The van der Waals surface area contributed by atoms with Crippen LogP contribution in [-0.2, 0) is 0 Å². The molecule has 1 fully saturated rings. The highest BCUT2D eigenvalue weighted by Gasteiger charge is 2.12. The Labute approximate surface area is 63.4 Å². The molecule has 0 radical (unpaired) electrons. The van der Waals surface area contributed by atoms with E-state index in [2.05, 4.69) is 17.9 Å². The molecular formula is C9H15N. The van der Waals surface area contributed by atoms with E-state index in [9.17, 15) is 0 Å². The summed E-state index contributed by atoms with van der Waals surface area (Å²) in [5.41, 5.74) is 0. The summed E-state index contributed by atoms with van der Waals surface area (Å²) in [6.07, 6.45) is 9.20. The number of terminal acetylenes is 1. The molecule has 0 spiro atoms. The van der Waals surface area contributed by atoms with Crippen LogP contribution in [0.1, 0.15) is 19.3 Å². The van der Waals surface area contributed by atoms with E-state index in [1.165, 1.54) is 25.8 Å². The zero-order chi connectivity index (χ0) is 7.40. The lowest BCUT2D eigenvalue weighted by molar-refractivity contribution is 0.327. The first kappa shape index (κ1) is 7.63.